The van der Waals surface area contributed by atoms with Gasteiger partial charge in [0.1, 0.15) is 0 Å². The molecule has 3 aromatic carbocycles. The lowest BCUT2D eigenvalue weighted by Gasteiger charge is -2.23. The molecule has 212 valence electrons. The highest BCUT2D eigenvalue weighted by atomic mass is 32.2. The van der Waals surface area contributed by atoms with Gasteiger partial charge in [0.25, 0.3) is 20.2 Å². The van der Waals surface area contributed by atoms with Gasteiger partial charge in [-0.1, -0.05) is 53.1 Å². The third kappa shape index (κ3) is 8.19. The van der Waals surface area contributed by atoms with Gasteiger partial charge >= 0.3 is 0 Å². The summed E-state index contributed by atoms with van der Waals surface area (Å²) in [5, 5.41) is 0. The van der Waals surface area contributed by atoms with Crippen molar-refractivity contribution in [2.45, 2.75) is 61.1 Å². The van der Waals surface area contributed by atoms with Gasteiger partial charge in [-0.3, -0.25) is 9.11 Å². The van der Waals surface area contributed by atoms with Crippen molar-refractivity contribution in [3.63, 3.8) is 0 Å². The number of hydrogen-bond donors (Lipinski definition) is 2. The van der Waals surface area contributed by atoms with Gasteiger partial charge < -0.3 is 0 Å². The maximum atomic E-state index is 13.5. The van der Waals surface area contributed by atoms with Crippen LogP contribution in [0.4, 0.5) is 0 Å². The van der Waals surface area contributed by atoms with Crippen molar-refractivity contribution in [3.05, 3.63) is 88.5 Å². The van der Waals surface area contributed by atoms with E-state index in [1.54, 1.807) is 50.2 Å². The first-order valence-electron chi connectivity index (χ1n) is 12.3. The van der Waals surface area contributed by atoms with Crippen molar-refractivity contribution in [1.82, 2.24) is 4.31 Å². The lowest BCUT2D eigenvalue weighted by molar-refractivity contribution is 0.397. The Morgan fingerprint density at radius 2 is 0.974 bits per heavy atom. The molecule has 0 radical (unpaired) electrons. The summed E-state index contributed by atoms with van der Waals surface area (Å²) in [6.45, 7) is 5.55. The second-order valence-electron chi connectivity index (χ2n) is 9.60. The van der Waals surface area contributed by atoms with E-state index in [-0.39, 0.29) is 53.5 Å². The van der Waals surface area contributed by atoms with Crippen LogP contribution in [-0.4, -0.2) is 51.8 Å². The fourth-order valence-electron chi connectivity index (χ4n) is 4.41. The highest BCUT2D eigenvalue weighted by molar-refractivity contribution is 7.89. The second-order valence-corrected chi connectivity index (χ2v) is 14.3. The van der Waals surface area contributed by atoms with Crippen LogP contribution in [0.1, 0.15) is 40.7 Å². The van der Waals surface area contributed by atoms with E-state index in [4.69, 9.17) is 0 Å². The standard InChI is InChI=1S/C27H33NO8S3/c1-20-8-12-25(13-9-20)37(29,30)28(16-4-6-23-18-21(2)10-14-26(23)38(31,32)33)17-5-7-24-19-22(3)11-15-27(24)39(34,35)36/h8-15,18-19H,4-7,16-17H2,1-3H3,(H,31,32,33)(H,34,35,36). The van der Waals surface area contributed by atoms with Gasteiger partial charge in [0.2, 0.25) is 10.0 Å². The van der Waals surface area contributed by atoms with E-state index in [2.05, 4.69) is 0 Å². The average molecular weight is 596 g/mol. The number of nitrogens with zero attached hydrogens (tertiary/aromatic N) is 1. The minimum atomic E-state index is -4.44. The molecule has 3 rings (SSSR count). The molecule has 0 aliphatic heterocycles. The van der Waals surface area contributed by atoms with Gasteiger partial charge in [-0.05, 0) is 81.8 Å². The average Bonchev–Trinajstić information content (AvgIpc) is 2.82. The van der Waals surface area contributed by atoms with Gasteiger partial charge in [-0.15, -0.1) is 0 Å². The van der Waals surface area contributed by atoms with Crippen molar-refractivity contribution in [3.8, 4) is 0 Å². The molecular weight excluding hydrogens is 562 g/mol. The van der Waals surface area contributed by atoms with Gasteiger partial charge in [0.15, 0.2) is 0 Å². The predicted molar refractivity (Wildman–Crippen MR) is 149 cm³/mol. The topological polar surface area (TPSA) is 146 Å². The van der Waals surface area contributed by atoms with Gasteiger partial charge in [0, 0.05) is 13.1 Å². The second kappa shape index (κ2) is 12.3. The Morgan fingerprint density at radius 3 is 1.36 bits per heavy atom. The summed E-state index contributed by atoms with van der Waals surface area (Å²) in [5.74, 6) is 0. The normalized spacial score (nSPS) is 12.7. The number of benzene rings is 3. The van der Waals surface area contributed by atoms with Crippen molar-refractivity contribution in [2.75, 3.05) is 13.1 Å². The molecule has 12 heteroatoms. The van der Waals surface area contributed by atoms with Gasteiger partial charge in [0.05, 0.1) is 14.7 Å². The minimum Gasteiger partial charge on any atom is -0.282 e. The van der Waals surface area contributed by atoms with Crippen molar-refractivity contribution >= 4 is 30.3 Å². The summed E-state index contributed by atoms with van der Waals surface area (Å²) in [5.41, 5.74) is 3.28. The van der Waals surface area contributed by atoms with Crippen LogP contribution in [0.3, 0.4) is 0 Å². The molecule has 0 aromatic heterocycles. The summed E-state index contributed by atoms with van der Waals surface area (Å²) in [6.07, 6.45) is 0.971. The third-order valence-electron chi connectivity index (χ3n) is 6.35. The van der Waals surface area contributed by atoms with Crippen LogP contribution in [0.5, 0.6) is 0 Å². The molecule has 39 heavy (non-hydrogen) atoms. The third-order valence-corrected chi connectivity index (χ3v) is 10.2. The van der Waals surface area contributed by atoms with Crippen LogP contribution in [0, 0.1) is 20.8 Å². The minimum absolute atomic E-state index is 0.0635. The van der Waals surface area contributed by atoms with Crippen LogP contribution in [0.15, 0.2) is 75.4 Å². The molecule has 0 heterocycles. The smallest absolute Gasteiger partial charge is 0.282 e. The maximum Gasteiger partial charge on any atom is 0.294 e. The molecule has 0 fully saturated rings. The Balaban J connectivity index is 1.84. The first-order valence-corrected chi connectivity index (χ1v) is 16.6. The monoisotopic (exact) mass is 595 g/mol. The Labute approximate surface area is 231 Å². The molecule has 0 unspecified atom stereocenters. The van der Waals surface area contributed by atoms with Crippen molar-refractivity contribution in [1.29, 1.82) is 0 Å². The highest BCUT2D eigenvalue weighted by Crippen LogP contribution is 2.23. The van der Waals surface area contributed by atoms with E-state index in [1.165, 1.54) is 28.6 Å². The zero-order valence-corrected chi connectivity index (χ0v) is 24.5. The van der Waals surface area contributed by atoms with Crippen LogP contribution in [0.2, 0.25) is 0 Å². The van der Waals surface area contributed by atoms with Crippen LogP contribution in [-0.2, 0) is 43.1 Å². The summed E-state index contributed by atoms with van der Waals surface area (Å²) in [6, 6.07) is 15.5. The SMILES string of the molecule is Cc1ccc(S(=O)(=O)N(CCCc2cc(C)ccc2S(=O)(=O)O)CCCc2cc(C)ccc2S(=O)(=O)O)cc1. The highest BCUT2D eigenvalue weighted by Gasteiger charge is 2.25. The molecule has 2 N–H and O–H groups in total. The van der Waals surface area contributed by atoms with E-state index < -0.39 is 30.3 Å². The Morgan fingerprint density at radius 1 is 0.590 bits per heavy atom. The Bertz CT molecular complexity index is 1560. The molecule has 0 spiro atoms. The number of sulfonamides is 1. The molecule has 0 saturated carbocycles. The van der Waals surface area contributed by atoms with E-state index >= 15 is 0 Å². The summed E-state index contributed by atoms with van der Waals surface area (Å²) in [7, 11) is -12.8. The Hall–Kier alpha value is -2.61. The van der Waals surface area contributed by atoms with E-state index in [1.807, 2.05) is 6.92 Å². The zero-order valence-electron chi connectivity index (χ0n) is 22.0. The molecular formula is C27H33NO8S3. The fourth-order valence-corrected chi connectivity index (χ4v) is 7.40. The molecule has 0 aliphatic carbocycles. The van der Waals surface area contributed by atoms with Crippen molar-refractivity contribution in [2.24, 2.45) is 0 Å². The largest absolute Gasteiger partial charge is 0.294 e. The molecule has 3 aromatic rings. The predicted octanol–water partition coefficient (Wildman–Crippen LogP) is 4.36. The zero-order chi connectivity index (χ0) is 29.0. The van der Waals surface area contributed by atoms with E-state index in [0.717, 1.165) is 16.7 Å². The summed E-state index contributed by atoms with van der Waals surface area (Å²) >= 11 is 0. The van der Waals surface area contributed by atoms with Gasteiger partial charge in [-0.25, -0.2) is 8.42 Å². The van der Waals surface area contributed by atoms with E-state index in [9.17, 15) is 34.4 Å². The lowest BCUT2D eigenvalue weighted by Crippen LogP contribution is -2.33. The van der Waals surface area contributed by atoms with Crippen molar-refractivity contribution < 1.29 is 34.4 Å². The number of aryl methyl sites for hydroxylation is 5. The molecule has 0 aliphatic rings. The maximum absolute atomic E-state index is 13.5. The molecule has 9 nitrogen and oxygen atoms in total. The van der Waals surface area contributed by atoms with Crippen LogP contribution in [0.25, 0.3) is 0 Å². The van der Waals surface area contributed by atoms with Crippen LogP contribution < -0.4 is 0 Å². The number of rotatable bonds is 12. The quantitative estimate of drug-likeness (QED) is 0.294. The Kier molecular flexibility index (Phi) is 9.73. The molecule has 0 bridgehead atoms. The molecule has 0 atom stereocenters. The first kappa shape index (κ1) is 30.9. The fraction of sp³-hybridized carbons (Fsp3) is 0.333. The number of hydrogen-bond acceptors (Lipinski definition) is 6. The van der Waals surface area contributed by atoms with Crippen LogP contribution >= 0.6 is 0 Å². The van der Waals surface area contributed by atoms with E-state index in [0.29, 0.717) is 11.1 Å². The molecule has 0 saturated heterocycles. The summed E-state index contributed by atoms with van der Waals surface area (Å²) in [4.78, 5) is -0.312. The molecule has 0 amide bonds. The summed E-state index contributed by atoms with van der Waals surface area (Å²) < 4.78 is 94.9. The van der Waals surface area contributed by atoms with Gasteiger partial charge in [-0.2, -0.15) is 21.1 Å². The lowest BCUT2D eigenvalue weighted by atomic mass is 10.1. The first-order chi connectivity index (χ1) is 18.1.